The van der Waals surface area contributed by atoms with Gasteiger partial charge in [0.05, 0.1) is 13.2 Å². The number of hydrogen-bond donors (Lipinski definition) is 1. The summed E-state index contributed by atoms with van der Waals surface area (Å²) in [7, 11) is 0. The molecule has 0 bridgehead atoms. The van der Waals surface area contributed by atoms with Gasteiger partial charge in [-0.05, 0) is 19.1 Å². The van der Waals surface area contributed by atoms with Gasteiger partial charge in [0, 0.05) is 25.3 Å². The molecule has 0 radical (unpaired) electrons. The van der Waals surface area contributed by atoms with E-state index in [0.29, 0.717) is 19.7 Å². The Morgan fingerprint density at radius 1 is 1.38 bits per heavy atom. The molecule has 1 unspecified atom stereocenters. The Labute approximate surface area is 123 Å². The van der Waals surface area contributed by atoms with Gasteiger partial charge in [0.15, 0.2) is 6.10 Å². The number of hydrogen-bond acceptors (Lipinski definition) is 4. The van der Waals surface area contributed by atoms with Crippen LogP contribution in [-0.2, 0) is 14.3 Å². The van der Waals surface area contributed by atoms with Crippen molar-refractivity contribution in [2.24, 2.45) is 0 Å². The van der Waals surface area contributed by atoms with Crippen molar-refractivity contribution in [1.29, 1.82) is 0 Å². The van der Waals surface area contributed by atoms with Crippen LogP contribution in [0.25, 0.3) is 0 Å². The van der Waals surface area contributed by atoms with E-state index in [9.17, 15) is 9.59 Å². The number of aliphatic carboxylic acids is 1. The Kier molecular flexibility index (Phi) is 5.30. The lowest BCUT2D eigenvalue weighted by atomic mass is 10.2. The predicted octanol–water partition coefficient (Wildman–Crippen LogP) is 0.825. The summed E-state index contributed by atoms with van der Waals surface area (Å²) in [6.45, 7) is 3.85. The van der Waals surface area contributed by atoms with E-state index >= 15 is 0 Å². The highest BCUT2D eigenvalue weighted by Gasteiger charge is 2.28. The smallest absolute Gasteiger partial charge is 0.334 e. The molecule has 2 rings (SSSR count). The maximum Gasteiger partial charge on any atom is 0.334 e. The van der Waals surface area contributed by atoms with E-state index in [1.807, 2.05) is 42.2 Å². The van der Waals surface area contributed by atoms with Crippen LogP contribution < -0.4 is 4.90 Å². The minimum absolute atomic E-state index is 0.0326. The molecule has 1 saturated heterocycles. The highest BCUT2D eigenvalue weighted by atomic mass is 16.5. The summed E-state index contributed by atoms with van der Waals surface area (Å²) < 4.78 is 5.16. The molecule has 6 nitrogen and oxygen atoms in total. The summed E-state index contributed by atoms with van der Waals surface area (Å²) in [5.74, 6) is -1.02. The van der Waals surface area contributed by atoms with Crippen molar-refractivity contribution < 1.29 is 19.4 Å². The molecule has 1 aliphatic rings. The highest BCUT2D eigenvalue weighted by Crippen LogP contribution is 2.14. The van der Waals surface area contributed by atoms with E-state index in [-0.39, 0.29) is 19.0 Å². The molecule has 1 amide bonds. The number of morpholine rings is 1. The van der Waals surface area contributed by atoms with Gasteiger partial charge in [-0.3, -0.25) is 9.69 Å². The second-order valence-corrected chi connectivity index (χ2v) is 4.91. The summed E-state index contributed by atoms with van der Waals surface area (Å²) in [4.78, 5) is 26.9. The van der Waals surface area contributed by atoms with Crippen LogP contribution >= 0.6 is 0 Å². The molecule has 0 aliphatic carbocycles. The van der Waals surface area contributed by atoms with E-state index in [1.54, 1.807) is 4.90 Å². The molecular formula is C15H20N2O4. The third kappa shape index (κ3) is 4.03. The van der Waals surface area contributed by atoms with Gasteiger partial charge in [0.2, 0.25) is 5.91 Å². The van der Waals surface area contributed by atoms with Gasteiger partial charge in [-0.1, -0.05) is 18.2 Å². The topological polar surface area (TPSA) is 70.1 Å². The second-order valence-electron chi connectivity index (χ2n) is 4.91. The highest BCUT2D eigenvalue weighted by molar-refractivity contribution is 5.94. The number of carbonyl (C=O) groups is 2. The quantitative estimate of drug-likeness (QED) is 0.870. The number of para-hydroxylation sites is 1. The molecule has 1 N–H and O–H groups in total. The van der Waals surface area contributed by atoms with Crippen molar-refractivity contribution in [1.82, 2.24) is 4.90 Å². The van der Waals surface area contributed by atoms with Crippen molar-refractivity contribution in [3.05, 3.63) is 30.3 Å². The lowest BCUT2D eigenvalue weighted by molar-refractivity contribution is -0.156. The van der Waals surface area contributed by atoms with Gasteiger partial charge >= 0.3 is 5.97 Å². The molecule has 1 aromatic carbocycles. The summed E-state index contributed by atoms with van der Waals surface area (Å²) in [5.41, 5.74) is 0.855. The fourth-order valence-corrected chi connectivity index (χ4v) is 2.38. The predicted molar refractivity (Wildman–Crippen MR) is 78.3 cm³/mol. The van der Waals surface area contributed by atoms with Crippen molar-refractivity contribution >= 4 is 17.6 Å². The van der Waals surface area contributed by atoms with Crippen LogP contribution in [0.2, 0.25) is 0 Å². The minimum atomic E-state index is -0.984. The van der Waals surface area contributed by atoms with Crippen LogP contribution in [0.15, 0.2) is 30.3 Å². The fourth-order valence-electron chi connectivity index (χ4n) is 2.38. The van der Waals surface area contributed by atoms with Crippen molar-refractivity contribution in [2.75, 3.05) is 37.7 Å². The van der Waals surface area contributed by atoms with Gasteiger partial charge < -0.3 is 14.7 Å². The van der Waals surface area contributed by atoms with E-state index < -0.39 is 12.1 Å². The Bertz CT molecular complexity index is 492. The lowest BCUT2D eigenvalue weighted by Crippen LogP contribution is -2.50. The molecule has 21 heavy (non-hydrogen) atoms. The summed E-state index contributed by atoms with van der Waals surface area (Å²) in [6, 6.07) is 9.46. The Morgan fingerprint density at radius 3 is 2.71 bits per heavy atom. The molecule has 6 heteroatoms. The number of benzene rings is 1. The zero-order valence-electron chi connectivity index (χ0n) is 12.1. The molecule has 0 spiro atoms. The molecule has 0 saturated carbocycles. The zero-order valence-corrected chi connectivity index (χ0v) is 12.1. The SMILES string of the molecule is CCN(C(=O)CN1CCOC(C(=O)O)C1)c1ccccc1. The number of anilines is 1. The monoisotopic (exact) mass is 292 g/mol. The van der Waals surface area contributed by atoms with Gasteiger partial charge in [0.1, 0.15) is 0 Å². The van der Waals surface area contributed by atoms with Crippen LogP contribution in [0.1, 0.15) is 6.92 Å². The summed E-state index contributed by atoms with van der Waals surface area (Å²) in [6.07, 6.45) is -0.849. The average Bonchev–Trinajstić information content (AvgIpc) is 2.49. The average molecular weight is 292 g/mol. The van der Waals surface area contributed by atoms with Crippen LogP contribution in [-0.4, -0.2) is 60.8 Å². The van der Waals surface area contributed by atoms with Crippen molar-refractivity contribution in [3.8, 4) is 0 Å². The molecule has 1 atom stereocenters. The van der Waals surface area contributed by atoms with Gasteiger partial charge in [0.25, 0.3) is 0 Å². The molecular weight excluding hydrogens is 272 g/mol. The summed E-state index contributed by atoms with van der Waals surface area (Å²) >= 11 is 0. The largest absolute Gasteiger partial charge is 0.479 e. The van der Waals surface area contributed by atoms with Crippen LogP contribution in [0, 0.1) is 0 Å². The zero-order chi connectivity index (χ0) is 15.2. The first-order valence-corrected chi connectivity index (χ1v) is 7.04. The van der Waals surface area contributed by atoms with Crippen molar-refractivity contribution in [3.63, 3.8) is 0 Å². The molecule has 0 aromatic heterocycles. The standard InChI is InChI=1S/C15H20N2O4/c1-2-17(12-6-4-3-5-7-12)14(18)11-16-8-9-21-13(10-16)15(19)20/h3-7,13H,2,8-11H2,1H3,(H,19,20). The second kappa shape index (κ2) is 7.19. The summed E-state index contributed by atoms with van der Waals surface area (Å²) in [5, 5.41) is 8.98. The maximum atomic E-state index is 12.4. The van der Waals surface area contributed by atoms with E-state index in [0.717, 1.165) is 5.69 Å². The van der Waals surface area contributed by atoms with Gasteiger partial charge in [-0.25, -0.2) is 4.79 Å². The first-order chi connectivity index (χ1) is 10.1. The molecule has 1 heterocycles. The molecule has 1 fully saturated rings. The number of carbonyl (C=O) groups excluding carboxylic acids is 1. The Hall–Kier alpha value is -1.92. The van der Waals surface area contributed by atoms with Crippen molar-refractivity contribution in [2.45, 2.75) is 13.0 Å². The van der Waals surface area contributed by atoms with E-state index in [2.05, 4.69) is 0 Å². The number of ether oxygens (including phenoxy) is 1. The third-order valence-corrected chi connectivity index (χ3v) is 3.47. The number of amides is 1. The number of likely N-dealkylation sites (N-methyl/N-ethyl adjacent to an activating group) is 1. The number of nitrogens with zero attached hydrogens (tertiary/aromatic N) is 2. The third-order valence-electron chi connectivity index (χ3n) is 3.47. The lowest BCUT2D eigenvalue weighted by Gasteiger charge is -2.32. The Balaban J connectivity index is 1.98. The van der Waals surface area contributed by atoms with Gasteiger partial charge in [-0.2, -0.15) is 0 Å². The maximum absolute atomic E-state index is 12.4. The number of rotatable bonds is 5. The fraction of sp³-hybridized carbons (Fsp3) is 0.467. The van der Waals surface area contributed by atoms with Gasteiger partial charge in [-0.15, -0.1) is 0 Å². The molecule has 114 valence electrons. The number of carboxylic acids is 1. The van der Waals surface area contributed by atoms with E-state index in [1.165, 1.54) is 0 Å². The first-order valence-electron chi connectivity index (χ1n) is 7.04. The number of carboxylic acid groups (broad SMARTS) is 1. The first kappa shape index (κ1) is 15.5. The Morgan fingerprint density at radius 2 is 2.10 bits per heavy atom. The molecule has 1 aromatic rings. The van der Waals surface area contributed by atoms with Crippen LogP contribution in [0.5, 0.6) is 0 Å². The van der Waals surface area contributed by atoms with Crippen LogP contribution in [0.3, 0.4) is 0 Å². The minimum Gasteiger partial charge on any atom is -0.479 e. The molecule has 1 aliphatic heterocycles. The normalized spacial score (nSPS) is 19.2. The van der Waals surface area contributed by atoms with E-state index in [4.69, 9.17) is 9.84 Å². The van der Waals surface area contributed by atoms with Crippen LogP contribution in [0.4, 0.5) is 5.69 Å².